The van der Waals surface area contributed by atoms with E-state index in [0.717, 1.165) is 24.1 Å². The van der Waals surface area contributed by atoms with Gasteiger partial charge in [0, 0.05) is 13.0 Å². The molecule has 0 bridgehead atoms. The van der Waals surface area contributed by atoms with Crippen LogP contribution in [0.5, 0.6) is 0 Å². The van der Waals surface area contributed by atoms with Crippen molar-refractivity contribution in [2.45, 2.75) is 32.2 Å². The Kier molecular flexibility index (Phi) is 4.60. The second-order valence-electron chi connectivity index (χ2n) is 5.99. The highest BCUT2D eigenvalue weighted by Gasteiger charge is 2.33. The summed E-state index contributed by atoms with van der Waals surface area (Å²) < 4.78 is 12.9. The Bertz CT molecular complexity index is 754. The molecule has 0 radical (unpaired) electrons. The number of hydrogen-bond donors (Lipinski definition) is 1. The SMILES string of the molecule is CC(=O)N(c1ccccc1NC(=O)Cc1ccc(F)cc1)C1CC1. The lowest BCUT2D eigenvalue weighted by molar-refractivity contribution is -0.117. The van der Waals surface area contributed by atoms with Gasteiger partial charge in [-0.05, 0) is 42.7 Å². The van der Waals surface area contributed by atoms with E-state index in [1.807, 2.05) is 18.2 Å². The van der Waals surface area contributed by atoms with Crippen molar-refractivity contribution in [2.75, 3.05) is 10.2 Å². The fourth-order valence-electron chi connectivity index (χ4n) is 2.73. The number of amides is 2. The normalized spacial score (nSPS) is 13.4. The Balaban J connectivity index is 1.76. The van der Waals surface area contributed by atoms with Crippen molar-refractivity contribution in [3.63, 3.8) is 0 Å². The van der Waals surface area contributed by atoms with Gasteiger partial charge in [0.2, 0.25) is 11.8 Å². The first kappa shape index (κ1) is 16.2. The number of carbonyl (C=O) groups excluding carboxylic acids is 2. The topological polar surface area (TPSA) is 49.4 Å². The van der Waals surface area contributed by atoms with Gasteiger partial charge < -0.3 is 10.2 Å². The minimum absolute atomic E-state index is 0.0299. The molecule has 4 nitrogen and oxygen atoms in total. The number of carbonyl (C=O) groups is 2. The number of hydrogen-bond acceptors (Lipinski definition) is 2. The highest BCUT2D eigenvalue weighted by atomic mass is 19.1. The zero-order valence-corrected chi connectivity index (χ0v) is 13.5. The molecule has 0 spiro atoms. The Morgan fingerprint density at radius 2 is 1.79 bits per heavy atom. The predicted octanol–water partition coefficient (Wildman–Crippen LogP) is 3.52. The van der Waals surface area contributed by atoms with Crippen LogP contribution >= 0.6 is 0 Å². The van der Waals surface area contributed by atoms with Crippen LogP contribution in [0.4, 0.5) is 15.8 Å². The van der Waals surface area contributed by atoms with E-state index in [4.69, 9.17) is 0 Å². The zero-order chi connectivity index (χ0) is 17.1. The number of rotatable bonds is 5. The van der Waals surface area contributed by atoms with E-state index in [0.29, 0.717) is 5.69 Å². The lowest BCUT2D eigenvalue weighted by Gasteiger charge is -2.23. The van der Waals surface area contributed by atoms with Crippen LogP contribution in [0.2, 0.25) is 0 Å². The molecule has 3 rings (SSSR count). The summed E-state index contributed by atoms with van der Waals surface area (Å²) in [6.07, 6.45) is 2.12. The van der Waals surface area contributed by atoms with Crippen molar-refractivity contribution in [2.24, 2.45) is 0 Å². The van der Waals surface area contributed by atoms with Gasteiger partial charge in [-0.2, -0.15) is 0 Å². The first-order valence-corrected chi connectivity index (χ1v) is 7.97. The number of anilines is 2. The summed E-state index contributed by atoms with van der Waals surface area (Å²) in [7, 11) is 0. The summed E-state index contributed by atoms with van der Waals surface area (Å²) in [4.78, 5) is 26.0. The molecular weight excluding hydrogens is 307 g/mol. The summed E-state index contributed by atoms with van der Waals surface area (Å²) in [6, 6.07) is 13.4. The second-order valence-corrected chi connectivity index (χ2v) is 5.99. The van der Waals surface area contributed by atoms with E-state index in [9.17, 15) is 14.0 Å². The van der Waals surface area contributed by atoms with Gasteiger partial charge in [0.25, 0.3) is 0 Å². The molecule has 0 saturated heterocycles. The van der Waals surface area contributed by atoms with Gasteiger partial charge in [-0.3, -0.25) is 9.59 Å². The Morgan fingerprint density at radius 1 is 1.12 bits per heavy atom. The molecule has 2 aromatic carbocycles. The molecule has 2 aromatic rings. The van der Waals surface area contributed by atoms with E-state index in [1.165, 1.54) is 19.1 Å². The van der Waals surface area contributed by atoms with Gasteiger partial charge in [0.05, 0.1) is 17.8 Å². The van der Waals surface area contributed by atoms with Crippen LogP contribution < -0.4 is 10.2 Å². The van der Waals surface area contributed by atoms with Gasteiger partial charge >= 0.3 is 0 Å². The van der Waals surface area contributed by atoms with Crippen LogP contribution in [-0.2, 0) is 16.0 Å². The molecule has 1 saturated carbocycles. The molecule has 5 heteroatoms. The van der Waals surface area contributed by atoms with Crippen LogP contribution in [0.25, 0.3) is 0 Å². The van der Waals surface area contributed by atoms with Gasteiger partial charge in [0.15, 0.2) is 0 Å². The molecule has 24 heavy (non-hydrogen) atoms. The van der Waals surface area contributed by atoms with Crippen molar-refractivity contribution in [3.8, 4) is 0 Å². The molecular formula is C19H19FN2O2. The van der Waals surface area contributed by atoms with Crippen LogP contribution in [0.15, 0.2) is 48.5 Å². The summed E-state index contributed by atoms with van der Waals surface area (Å²) in [5.74, 6) is -0.558. The third kappa shape index (κ3) is 3.79. The second kappa shape index (κ2) is 6.83. The largest absolute Gasteiger partial charge is 0.324 e. The Hall–Kier alpha value is -2.69. The molecule has 0 aromatic heterocycles. The molecule has 124 valence electrons. The third-order valence-corrected chi connectivity index (χ3v) is 3.97. The van der Waals surface area contributed by atoms with E-state index in [2.05, 4.69) is 5.32 Å². The highest BCUT2D eigenvalue weighted by Crippen LogP contribution is 2.36. The van der Waals surface area contributed by atoms with Crippen LogP contribution in [0.3, 0.4) is 0 Å². The van der Waals surface area contributed by atoms with E-state index >= 15 is 0 Å². The van der Waals surface area contributed by atoms with Gasteiger partial charge in [-0.15, -0.1) is 0 Å². The summed E-state index contributed by atoms with van der Waals surface area (Å²) in [5, 5.41) is 2.87. The number of para-hydroxylation sites is 2. The van der Waals surface area contributed by atoms with E-state index in [-0.39, 0.29) is 30.1 Å². The smallest absolute Gasteiger partial charge is 0.228 e. The predicted molar refractivity (Wildman–Crippen MR) is 91.4 cm³/mol. The molecule has 1 aliphatic rings. The quantitative estimate of drug-likeness (QED) is 0.914. The average Bonchev–Trinajstić information content (AvgIpc) is 3.36. The summed E-state index contributed by atoms with van der Waals surface area (Å²) in [6.45, 7) is 1.54. The summed E-state index contributed by atoms with van der Waals surface area (Å²) >= 11 is 0. The number of halogens is 1. The fraction of sp³-hybridized carbons (Fsp3) is 0.263. The molecule has 1 aliphatic carbocycles. The van der Waals surface area contributed by atoms with Crippen molar-refractivity contribution in [1.29, 1.82) is 0 Å². The number of nitrogens with zero attached hydrogens (tertiary/aromatic N) is 1. The van der Waals surface area contributed by atoms with Gasteiger partial charge in [-0.25, -0.2) is 4.39 Å². The van der Waals surface area contributed by atoms with Gasteiger partial charge in [0.1, 0.15) is 5.82 Å². The Labute approximate surface area is 140 Å². The molecule has 1 fully saturated rings. The third-order valence-electron chi connectivity index (χ3n) is 3.97. The highest BCUT2D eigenvalue weighted by molar-refractivity contribution is 6.01. The van der Waals surface area contributed by atoms with Crippen molar-refractivity contribution < 1.29 is 14.0 Å². The minimum Gasteiger partial charge on any atom is -0.324 e. The first-order chi connectivity index (χ1) is 11.5. The minimum atomic E-state index is -0.328. The van der Waals surface area contributed by atoms with Crippen molar-refractivity contribution in [3.05, 3.63) is 59.9 Å². The summed E-state index contributed by atoms with van der Waals surface area (Å²) in [5.41, 5.74) is 2.07. The van der Waals surface area contributed by atoms with Crippen LogP contribution in [0.1, 0.15) is 25.3 Å². The van der Waals surface area contributed by atoms with Crippen molar-refractivity contribution in [1.82, 2.24) is 0 Å². The number of benzene rings is 2. The van der Waals surface area contributed by atoms with Gasteiger partial charge in [-0.1, -0.05) is 24.3 Å². The maximum Gasteiger partial charge on any atom is 0.228 e. The maximum atomic E-state index is 12.9. The lowest BCUT2D eigenvalue weighted by atomic mass is 10.1. The lowest BCUT2D eigenvalue weighted by Crippen LogP contribution is -2.31. The first-order valence-electron chi connectivity index (χ1n) is 7.97. The number of nitrogens with one attached hydrogen (secondary N) is 1. The standard InChI is InChI=1S/C19H19FN2O2/c1-13(23)22(16-10-11-16)18-5-3-2-4-17(18)21-19(24)12-14-6-8-15(20)9-7-14/h2-9,16H,10-12H2,1H3,(H,21,24). The van der Waals surface area contributed by atoms with Crippen LogP contribution in [-0.4, -0.2) is 17.9 Å². The van der Waals surface area contributed by atoms with Crippen molar-refractivity contribution >= 4 is 23.2 Å². The molecule has 0 unspecified atom stereocenters. The zero-order valence-electron chi connectivity index (χ0n) is 13.5. The monoisotopic (exact) mass is 326 g/mol. The molecule has 0 heterocycles. The molecule has 0 aliphatic heterocycles. The Morgan fingerprint density at radius 3 is 2.42 bits per heavy atom. The average molecular weight is 326 g/mol. The van der Waals surface area contributed by atoms with E-state index in [1.54, 1.807) is 23.1 Å². The molecule has 1 N–H and O–H groups in total. The molecule has 0 atom stereocenters. The molecule has 2 amide bonds. The van der Waals surface area contributed by atoms with E-state index < -0.39 is 0 Å². The fourth-order valence-corrected chi connectivity index (χ4v) is 2.73. The maximum absolute atomic E-state index is 12.9. The van der Waals surface area contributed by atoms with Crippen LogP contribution in [0, 0.1) is 5.82 Å².